The maximum Gasteiger partial charge on any atom is 0.173 e. The van der Waals surface area contributed by atoms with Gasteiger partial charge in [0.2, 0.25) is 0 Å². The Balaban J connectivity index is 2.49. The summed E-state index contributed by atoms with van der Waals surface area (Å²) in [6.45, 7) is 2.53. The second kappa shape index (κ2) is 6.20. The van der Waals surface area contributed by atoms with Gasteiger partial charge in [0, 0.05) is 12.1 Å². The normalized spacial score (nSPS) is 12.7. The molecule has 0 saturated heterocycles. The Kier molecular flexibility index (Phi) is 4.78. The van der Waals surface area contributed by atoms with Crippen LogP contribution in [0.5, 0.6) is 0 Å². The minimum Gasteiger partial charge on any atom is -0.382 e. The van der Waals surface area contributed by atoms with Gasteiger partial charge >= 0.3 is 0 Å². The molecule has 0 fully saturated rings. The zero-order valence-electron chi connectivity index (χ0n) is 10.6. The monoisotopic (exact) mass is 364 g/mol. The second-order valence-electron chi connectivity index (χ2n) is 4.27. The van der Waals surface area contributed by atoms with Crippen molar-refractivity contribution >= 4 is 27.5 Å². The fourth-order valence-corrected chi connectivity index (χ4v) is 2.72. The predicted molar refractivity (Wildman–Crippen MR) is 75.6 cm³/mol. The summed E-state index contributed by atoms with van der Waals surface area (Å²) >= 11 is 8.98. The third kappa shape index (κ3) is 2.73. The van der Waals surface area contributed by atoms with E-state index in [9.17, 15) is 13.9 Å². The lowest BCUT2D eigenvalue weighted by Crippen LogP contribution is -2.11. The summed E-state index contributed by atoms with van der Waals surface area (Å²) < 4.78 is 28.1. The fraction of sp³-hybridized carbons (Fsp3) is 0.308. The lowest BCUT2D eigenvalue weighted by atomic mass is 10.1. The number of hydrogen-bond donors (Lipinski definition) is 1. The Labute approximate surface area is 128 Å². The van der Waals surface area contributed by atoms with Crippen molar-refractivity contribution in [1.82, 2.24) is 9.78 Å². The van der Waals surface area contributed by atoms with Gasteiger partial charge in [-0.3, -0.25) is 4.68 Å². The highest BCUT2D eigenvalue weighted by Gasteiger charge is 2.24. The molecule has 1 unspecified atom stereocenters. The third-order valence-corrected chi connectivity index (χ3v) is 3.98. The Morgan fingerprint density at radius 3 is 2.80 bits per heavy atom. The zero-order chi connectivity index (χ0) is 14.9. The van der Waals surface area contributed by atoms with Crippen molar-refractivity contribution in [3.63, 3.8) is 0 Å². The zero-order valence-corrected chi connectivity index (χ0v) is 12.9. The number of halogens is 4. The highest BCUT2D eigenvalue weighted by atomic mass is 79.9. The maximum absolute atomic E-state index is 13.6. The van der Waals surface area contributed by atoms with E-state index in [2.05, 4.69) is 21.0 Å². The van der Waals surface area contributed by atoms with Gasteiger partial charge in [-0.1, -0.05) is 24.6 Å². The number of benzene rings is 1. The van der Waals surface area contributed by atoms with E-state index in [1.807, 2.05) is 6.92 Å². The summed E-state index contributed by atoms with van der Waals surface area (Å²) in [7, 11) is 0. The van der Waals surface area contributed by atoms with E-state index >= 15 is 0 Å². The van der Waals surface area contributed by atoms with Crippen molar-refractivity contribution in [3.8, 4) is 0 Å². The van der Waals surface area contributed by atoms with Crippen LogP contribution < -0.4 is 0 Å². The molecule has 2 rings (SSSR count). The molecule has 0 saturated carbocycles. The molecule has 0 radical (unpaired) electrons. The molecule has 20 heavy (non-hydrogen) atoms. The Morgan fingerprint density at radius 1 is 1.45 bits per heavy atom. The molecule has 1 N–H and O–H groups in total. The molecule has 0 aliphatic rings. The lowest BCUT2D eigenvalue weighted by molar-refractivity contribution is 0.206. The van der Waals surface area contributed by atoms with Crippen molar-refractivity contribution in [2.45, 2.75) is 26.0 Å². The van der Waals surface area contributed by atoms with Gasteiger partial charge in [-0.2, -0.15) is 5.10 Å². The van der Waals surface area contributed by atoms with Crippen molar-refractivity contribution in [3.05, 3.63) is 50.7 Å². The number of nitrogens with zero attached hydrogens (tertiary/aromatic N) is 2. The molecule has 0 aliphatic carbocycles. The standard InChI is InChI=1S/C13H12BrClF2N2O/c1-2-5-19-12(8(15)6-18-19)13(20)7-3-4-9(16)11(17)10(7)14/h3-4,6,13,20H,2,5H2,1H3. The first-order chi connectivity index (χ1) is 9.47. The Hall–Kier alpha value is -0.980. The van der Waals surface area contributed by atoms with Crippen molar-refractivity contribution in [2.24, 2.45) is 0 Å². The predicted octanol–water partition coefficient (Wildman–Crippen LogP) is 4.07. The minimum atomic E-state index is -1.19. The largest absolute Gasteiger partial charge is 0.382 e. The molecule has 0 bridgehead atoms. The number of aliphatic hydroxyl groups excluding tert-OH is 1. The molecular weight excluding hydrogens is 354 g/mol. The van der Waals surface area contributed by atoms with E-state index in [1.54, 1.807) is 4.68 Å². The summed E-state index contributed by atoms with van der Waals surface area (Å²) in [6.07, 6.45) is 1.03. The van der Waals surface area contributed by atoms with Crippen LogP contribution in [0.15, 0.2) is 22.8 Å². The molecule has 0 spiro atoms. The van der Waals surface area contributed by atoms with E-state index in [1.165, 1.54) is 12.3 Å². The van der Waals surface area contributed by atoms with Crippen molar-refractivity contribution in [1.29, 1.82) is 0 Å². The van der Waals surface area contributed by atoms with Gasteiger partial charge in [-0.15, -0.1) is 0 Å². The molecule has 108 valence electrons. The molecule has 1 aromatic carbocycles. The van der Waals surface area contributed by atoms with Gasteiger partial charge in [-0.05, 0) is 28.4 Å². The highest BCUT2D eigenvalue weighted by Crippen LogP contribution is 2.34. The molecule has 7 heteroatoms. The molecule has 0 amide bonds. The lowest BCUT2D eigenvalue weighted by Gasteiger charge is -2.16. The second-order valence-corrected chi connectivity index (χ2v) is 5.47. The number of aromatic nitrogens is 2. The molecular formula is C13H12BrClF2N2O. The summed E-state index contributed by atoms with van der Waals surface area (Å²) in [5.41, 5.74) is 0.559. The first-order valence-electron chi connectivity index (χ1n) is 6.00. The van der Waals surface area contributed by atoms with E-state index in [0.29, 0.717) is 12.2 Å². The average molecular weight is 366 g/mol. The van der Waals surface area contributed by atoms with Crippen LogP contribution in [0.3, 0.4) is 0 Å². The minimum absolute atomic E-state index is 0.120. The highest BCUT2D eigenvalue weighted by molar-refractivity contribution is 9.10. The summed E-state index contributed by atoms with van der Waals surface area (Å²) in [5.74, 6) is -2.03. The van der Waals surface area contributed by atoms with Crippen molar-refractivity contribution < 1.29 is 13.9 Å². The van der Waals surface area contributed by atoms with E-state index in [4.69, 9.17) is 11.6 Å². The molecule has 0 aliphatic heterocycles. The number of aliphatic hydroxyl groups is 1. The quantitative estimate of drug-likeness (QED) is 0.830. The topological polar surface area (TPSA) is 38.0 Å². The van der Waals surface area contributed by atoms with Gasteiger partial charge < -0.3 is 5.11 Å². The fourth-order valence-electron chi connectivity index (χ4n) is 1.93. The number of aryl methyl sites for hydroxylation is 1. The van der Waals surface area contributed by atoms with Crippen LogP contribution >= 0.6 is 27.5 Å². The molecule has 3 nitrogen and oxygen atoms in total. The van der Waals surface area contributed by atoms with Crippen LogP contribution in [0.2, 0.25) is 5.02 Å². The van der Waals surface area contributed by atoms with Gasteiger partial charge in [0.15, 0.2) is 11.6 Å². The van der Waals surface area contributed by atoms with Crippen LogP contribution in [0.1, 0.15) is 30.7 Å². The van der Waals surface area contributed by atoms with E-state index in [0.717, 1.165) is 12.5 Å². The summed E-state index contributed by atoms with van der Waals surface area (Å²) in [4.78, 5) is 0. The van der Waals surface area contributed by atoms with Gasteiger partial charge in [-0.25, -0.2) is 8.78 Å². The smallest absolute Gasteiger partial charge is 0.173 e. The van der Waals surface area contributed by atoms with Gasteiger partial charge in [0.25, 0.3) is 0 Å². The van der Waals surface area contributed by atoms with Gasteiger partial charge in [0.05, 0.1) is 21.4 Å². The first-order valence-corrected chi connectivity index (χ1v) is 7.17. The van der Waals surface area contributed by atoms with Gasteiger partial charge in [0.1, 0.15) is 6.10 Å². The first kappa shape index (κ1) is 15.4. The molecule has 1 heterocycles. The SMILES string of the molecule is CCCn1ncc(Cl)c1C(O)c1ccc(F)c(F)c1Br. The average Bonchev–Trinajstić information content (AvgIpc) is 2.77. The van der Waals surface area contributed by atoms with E-state index < -0.39 is 17.7 Å². The summed E-state index contributed by atoms with van der Waals surface area (Å²) in [6, 6.07) is 2.28. The van der Waals surface area contributed by atoms with Crippen LogP contribution in [0, 0.1) is 11.6 Å². The number of rotatable bonds is 4. The van der Waals surface area contributed by atoms with Crippen LogP contribution in [-0.4, -0.2) is 14.9 Å². The molecule has 2 aromatic rings. The molecule has 1 aromatic heterocycles. The molecule has 1 atom stereocenters. The van der Waals surface area contributed by atoms with Crippen LogP contribution in [0.4, 0.5) is 8.78 Å². The Bertz CT molecular complexity index is 633. The summed E-state index contributed by atoms with van der Waals surface area (Å²) in [5, 5.41) is 14.7. The van der Waals surface area contributed by atoms with Crippen LogP contribution in [-0.2, 0) is 6.54 Å². The maximum atomic E-state index is 13.6. The van der Waals surface area contributed by atoms with E-state index in [-0.39, 0.29) is 15.1 Å². The Morgan fingerprint density at radius 2 is 2.15 bits per heavy atom. The number of hydrogen-bond acceptors (Lipinski definition) is 2. The van der Waals surface area contributed by atoms with Crippen LogP contribution in [0.25, 0.3) is 0 Å². The van der Waals surface area contributed by atoms with Crippen molar-refractivity contribution in [2.75, 3.05) is 0 Å². The third-order valence-electron chi connectivity index (χ3n) is 2.89.